The Labute approximate surface area is 249 Å². The van der Waals surface area contributed by atoms with Crippen LogP contribution < -0.4 is 4.74 Å². The minimum Gasteiger partial charge on any atom is -0.423 e. The zero-order valence-corrected chi connectivity index (χ0v) is 23.7. The van der Waals surface area contributed by atoms with E-state index in [0.29, 0.717) is 17.7 Å². The Morgan fingerprint density at radius 1 is 0.953 bits per heavy atom. The van der Waals surface area contributed by atoms with E-state index in [1.165, 1.54) is 7.11 Å². The molecule has 0 saturated carbocycles. The van der Waals surface area contributed by atoms with Gasteiger partial charge in [-0.25, -0.2) is 4.79 Å². The molecule has 4 aromatic carbocycles. The maximum absolute atomic E-state index is 12.6. The maximum Gasteiger partial charge on any atom is 0.343 e. The molecule has 222 valence electrons. The standard InChI is InChI=1S/C33H33N3O7/c1-39-21-28-30(37)31(41-20-22-15-16-23-9-5-6-13-26(23)19-22)29(35-36-34)33(43-28)40-18-17-24-10-7-8-14-27(24)42-32(38)25-11-3-2-4-12-25/h2-16,19,28-31,33,37H,17-18,20-21H2,1H3/t28-,29-,30-,31-,33+/m1/s1. The number of hydrogen-bond acceptors (Lipinski definition) is 8. The molecular weight excluding hydrogens is 550 g/mol. The van der Waals surface area contributed by atoms with Crippen molar-refractivity contribution < 1.29 is 33.6 Å². The van der Waals surface area contributed by atoms with E-state index in [-0.39, 0.29) is 19.8 Å². The lowest BCUT2D eigenvalue weighted by atomic mass is 9.97. The number of esters is 1. The largest absolute Gasteiger partial charge is 0.423 e. The summed E-state index contributed by atoms with van der Waals surface area (Å²) in [7, 11) is 1.50. The predicted octanol–water partition coefficient (Wildman–Crippen LogP) is 5.61. The highest BCUT2D eigenvalue weighted by Gasteiger charge is 2.46. The molecule has 4 aromatic rings. The predicted molar refractivity (Wildman–Crippen MR) is 160 cm³/mol. The van der Waals surface area contributed by atoms with Crippen molar-refractivity contribution in [1.82, 2.24) is 0 Å². The summed E-state index contributed by atoms with van der Waals surface area (Å²) < 4.78 is 29.2. The number of carbonyl (C=O) groups excluding carboxylic acids is 1. The molecular formula is C33H33N3O7. The number of ether oxygens (including phenoxy) is 5. The molecule has 10 nitrogen and oxygen atoms in total. The average molecular weight is 584 g/mol. The first-order valence-corrected chi connectivity index (χ1v) is 14.0. The lowest BCUT2D eigenvalue weighted by Gasteiger charge is -2.42. The topological polar surface area (TPSA) is 132 Å². The lowest BCUT2D eigenvalue weighted by Crippen LogP contribution is -2.59. The van der Waals surface area contributed by atoms with Crippen molar-refractivity contribution in [2.45, 2.75) is 43.7 Å². The van der Waals surface area contributed by atoms with Crippen LogP contribution >= 0.6 is 0 Å². The highest BCUT2D eigenvalue weighted by molar-refractivity contribution is 5.91. The van der Waals surface area contributed by atoms with Crippen LogP contribution in [0.5, 0.6) is 5.75 Å². The minimum absolute atomic E-state index is 0.0815. The van der Waals surface area contributed by atoms with Gasteiger partial charge in [0, 0.05) is 12.0 Å². The van der Waals surface area contributed by atoms with Crippen molar-refractivity contribution in [3.8, 4) is 5.75 Å². The second-order valence-corrected chi connectivity index (χ2v) is 10.1. The van der Waals surface area contributed by atoms with Gasteiger partial charge in [0.05, 0.1) is 31.5 Å². The molecule has 1 aliphatic heterocycles. The summed E-state index contributed by atoms with van der Waals surface area (Å²) in [6.45, 7) is 0.407. The first-order chi connectivity index (χ1) is 21.1. The van der Waals surface area contributed by atoms with E-state index in [4.69, 9.17) is 23.7 Å². The van der Waals surface area contributed by atoms with Crippen LogP contribution in [0.1, 0.15) is 21.5 Å². The van der Waals surface area contributed by atoms with Crippen molar-refractivity contribution >= 4 is 16.7 Å². The molecule has 5 atom stereocenters. The molecule has 0 aromatic heterocycles. The number of azide groups is 1. The monoisotopic (exact) mass is 583 g/mol. The lowest BCUT2D eigenvalue weighted by molar-refractivity contribution is -0.274. The molecule has 0 amide bonds. The Hall–Kier alpha value is -4.28. The molecule has 0 spiro atoms. The number of aliphatic hydroxyl groups excluding tert-OH is 1. The van der Waals surface area contributed by atoms with Gasteiger partial charge >= 0.3 is 5.97 Å². The van der Waals surface area contributed by atoms with Gasteiger partial charge < -0.3 is 28.8 Å². The summed E-state index contributed by atoms with van der Waals surface area (Å²) in [5, 5.41) is 17.2. The minimum atomic E-state index is -1.13. The fourth-order valence-corrected chi connectivity index (χ4v) is 5.07. The fraction of sp³-hybridized carbons (Fsp3) is 0.303. The molecule has 1 saturated heterocycles. The molecule has 0 bridgehead atoms. The number of nitrogens with zero attached hydrogens (tertiary/aromatic N) is 3. The van der Waals surface area contributed by atoms with Gasteiger partial charge in [-0.05, 0) is 58.1 Å². The quantitative estimate of drug-likeness (QED) is 0.0753. The normalized spacial score (nSPS) is 21.7. The average Bonchev–Trinajstić information content (AvgIpc) is 3.04. The van der Waals surface area contributed by atoms with Crippen LogP contribution in [-0.2, 0) is 32.0 Å². The van der Waals surface area contributed by atoms with Crippen LogP contribution in [0.2, 0.25) is 0 Å². The number of carbonyl (C=O) groups is 1. The molecule has 5 rings (SSSR count). The Bertz CT molecular complexity index is 1560. The summed E-state index contributed by atoms with van der Waals surface area (Å²) in [5.74, 6) is -0.0452. The van der Waals surface area contributed by atoms with Gasteiger partial charge in [0.1, 0.15) is 24.0 Å². The van der Waals surface area contributed by atoms with Crippen LogP contribution in [0, 0.1) is 0 Å². The second-order valence-electron chi connectivity index (χ2n) is 10.1. The Morgan fingerprint density at radius 3 is 2.49 bits per heavy atom. The number of hydrogen-bond donors (Lipinski definition) is 1. The highest BCUT2D eigenvalue weighted by atomic mass is 16.7. The van der Waals surface area contributed by atoms with E-state index in [0.717, 1.165) is 21.9 Å². The van der Waals surface area contributed by atoms with Gasteiger partial charge in [0.2, 0.25) is 0 Å². The van der Waals surface area contributed by atoms with Crippen molar-refractivity contribution in [2.24, 2.45) is 5.11 Å². The van der Waals surface area contributed by atoms with Crippen LogP contribution in [0.25, 0.3) is 21.2 Å². The van der Waals surface area contributed by atoms with E-state index >= 15 is 0 Å². The van der Waals surface area contributed by atoms with Gasteiger partial charge in [0.25, 0.3) is 0 Å². The summed E-state index contributed by atoms with van der Waals surface area (Å²) in [5.41, 5.74) is 11.5. The van der Waals surface area contributed by atoms with Gasteiger partial charge in [-0.2, -0.15) is 0 Å². The van der Waals surface area contributed by atoms with Crippen LogP contribution in [-0.4, -0.2) is 62.0 Å². The summed E-state index contributed by atoms with van der Waals surface area (Å²) >= 11 is 0. The molecule has 1 fully saturated rings. The molecule has 0 radical (unpaired) electrons. The summed E-state index contributed by atoms with van der Waals surface area (Å²) in [4.78, 5) is 15.6. The number of methoxy groups -OCH3 is 1. The van der Waals surface area contributed by atoms with Gasteiger partial charge in [-0.15, -0.1) is 0 Å². The number of rotatable bonds is 12. The fourth-order valence-electron chi connectivity index (χ4n) is 5.07. The van der Waals surface area contributed by atoms with Crippen molar-refractivity contribution in [2.75, 3.05) is 20.3 Å². The van der Waals surface area contributed by atoms with E-state index in [1.54, 1.807) is 36.4 Å². The van der Waals surface area contributed by atoms with Gasteiger partial charge in [-0.3, -0.25) is 0 Å². The zero-order valence-electron chi connectivity index (χ0n) is 23.7. The number of para-hydroxylation sites is 1. The smallest absolute Gasteiger partial charge is 0.343 e. The Morgan fingerprint density at radius 2 is 1.70 bits per heavy atom. The SMILES string of the molecule is COC[C@H]1O[C@H](OCCc2ccccc2OC(=O)c2ccccc2)[C@H](N=[N+]=[N-])[C@@H](OCc2ccc3ccccc3c2)[C@@H]1O. The van der Waals surface area contributed by atoms with E-state index in [9.17, 15) is 15.4 Å². The molecule has 1 heterocycles. The third kappa shape index (κ3) is 7.57. The van der Waals surface area contributed by atoms with Crippen LogP contribution in [0.4, 0.5) is 0 Å². The summed E-state index contributed by atoms with van der Waals surface area (Å²) in [6.07, 6.45) is -3.46. The molecule has 1 N–H and O–H groups in total. The third-order valence-electron chi connectivity index (χ3n) is 7.25. The van der Waals surface area contributed by atoms with E-state index < -0.39 is 36.6 Å². The third-order valence-corrected chi connectivity index (χ3v) is 7.25. The van der Waals surface area contributed by atoms with Crippen molar-refractivity contribution in [1.29, 1.82) is 0 Å². The Kier molecular flexibility index (Phi) is 10.4. The molecule has 10 heteroatoms. The van der Waals surface area contributed by atoms with E-state index in [1.807, 2.05) is 60.7 Å². The molecule has 0 aliphatic carbocycles. The molecule has 43 heavy (non-hydrogen) atoms. The van der Waals surface area contributed by atoms with Gasteiger partial charge in [-0.1, -0.05) is 77.9 Å². The van der Waals surface area contributed by atoms with Crippen LogP contribution in [0.3, 0.4) is 0 Å². The second kappa shape index (κ2) is 14.8. The first-order valence-electron chi connectivity index (χ1n) is 14.0. The number of benzene rings is 4. The maximum atomic E-state index is 12.6. The number of aliphatic hydroxyl groups is 1. The first kappa shape index (κ1) is 30.2. The Balaban J connectivity index is 1.27. The summed E-state index contributed by atoms with van der Waals surface area (Å²) in [6, 6.07) is 28.9. The molecule has 0 unspecified atom stereocenters. The number of fused-ring (bicyclic) bond motifs is 1. The zero-order chi connectivity index (χ0) is 30.0. The molecule has 1 aliphatic rings. The van der Waals surface area contributed by atoms with Crippen molar-refractivity contribution in [3.05, 3.63) is 124 Å². The van der Waals surface area contributed by atoms with Gasteiger partial charge in [0.15, 0.2) is 6.29 Å². The van der Waals surface area contributed by atoms with Crippen molar-refractivity contribution in [3.63, 3.8) is 0 Å². The van der Waals surface area contributed by atoms with E-state index in [2.05, 4.69) is 10.0 Å². The highest BCUT2D eigenvalue weighted by Crippen LogP contribution is 2.29. The van der Waals surface area contributed by atoms with Crippen LogP contribution in [0.15, 0.2) is 102 Å².